The Kier molecular flexibility index (Phi) is 5.57. The molecule has 2 rings (SSSR count). The quantitative estimate of drug-likeness (QED) is 0.821. The molecule has 1 heterocycles. The van der Waals surface area contributed by atoms with Gasteiger partial charge in [0, 0.05) is 12.7 Å². The first kappa shape index (κ1) is 17.5. The number of aromatic nitrogens is 2. The summed E-state index contributed by atoms with van der Waals surface area (Å²) >= 11 is 0. The molecule has 24 heavy (non-hydrogen) atoms. The smallest absolute Gasteiger partial charge is 0.342 e. The molecular formula is C17H21N3O4. The van der Waals surface area contributed by atoms with Crippen LogP contribution in [-0.4, -0.2) is 34.9 Å². The van der Waals surface area contributed by atoms with Crippen molar-refractivity contribution >= 4 is 17.6 Å². The molecule has 128 valence electrons. The highest BCUT2D eigenvalue weighted by molar-refractivity contribution is 5.97. The van der Waals surface area contributed by atoms with Crippen molar-refractivity contribution < 1.29 is 19.1 Å². The van der Waals surface area contributed by atoms with E-state index >= 15 is 0 Å². The average molecular weight is 331 g/mol. The molecular weight excluding hydrogens is 310 g/mol. The van der Waals surface area contributed by atoms with Crippen molar-refractivity contribution in [2.45, 2.75) is 20.8 Å². The van der Waals surface area contributed by atoms with Gasteiger partial charge in [-0.1, -0.05) is 12.1 Å². The Morgan fingerprint density at radius 1 is 1.25 bits per heavy atom. The highest BCUT2D eigenvalue weighted by atomic mass is 16.5. The van der Waals surface area contributed by atoms with Crippen LogP contribution in [-0.2, 0) is 16.6 Å². The van der Waals surface area contributed by atoms with Crippen molar-refractivity contribution in [1.82, 2.24) is 9.78 Å². The van der Waals surface area contributed by atoms with Gasteiger partial charge in [-0.2, -0.15) is 5.10 Å². The molecule has 0 fully saturated rings. The van der Waals surface area contributed by atoms with Crippen LogP contribution in [0.1, 0.15) is 28.7 Å². The van der Waals surface area contributed by atoms with E-state index in [9.17, 15) is 9.59 Å². The van der Waals surface area contributed by atoms with Crippen molar-refractivity contribution in [2.24, 2.45) is 7.05 Å². The second kappa shape index (κ2) is 7.63. The number of para-hydroxylation sites is 2. The van der Waals surface area contributed by atoms with Crippen molar-refractivity contribution in [2.75, 3.05) is 18.5 Å². The minimum absolute atomic E-state index is 0.382. The highest BCUT2D eigenvalue weighted by Gasteiger charge is 2.20. The van der Waals surface area contributed by atoms with E-state index in [1.54, 1.807) is 43.8 Å². The van der Waals surface area contributed by atoms with Crippen LogP contribution < -0.4 is 10.1 Å². The summed E-state index contributed by atoms with van der Waals surface area (Å²) < 4.78 is 12.1. The number of carbonyl (C=O) groups excluding carboxylic acids is 2. The van der Waals surface area contributed by atoms with E-state index in [-0.39, 0.29) is 6.61 Å². The van der Waals surface area contributed by atoms with Gasteiger partial charge in [0.1, 0.15) is 11.3 Å². The molecule has 0 saturated heterocycles. The molecule has 7 heteroatoms. The van der Waals surface area contributed by atoms with Gasteiger partial charge in [-0.05, 0) is 32.9 Å². The second-order valence-electron chi connectivity index (χ2n) is 5.22. The Labute approximate surface area is 140 Å². The van der Waals surface area contributed by atoms with E-state index in [1.807, 2.05) is 13.0 Å². The summed E-state index contributed by atoms with van der Waals surface area (Å²) in [4.78, 5) is 24.2. The molecule has 0 aliphatic rings. The zero-order chi connectivity index (χ0) is 17.7. The molecule has 0 aliphatic carbocycles. The molecule has 7 nitrogen and oxygen atoms in total. The van der Waals surface area contributed by atoms with Crippen LogP contribution in [0.4, 0.5) is 5.69 Å². The molecule has 0 unspecified atom stereocenters. The van der Waals surface area contributed by atoms with E-state index in [4.69, 9.17) is 9.47 Å². The molecule has 0 radical (unpaired) electrons. The molecule has 0 saturated carbocycles. The third-order valence-electron chi connectivity index (χ3n) is 3.51. The number of hydrogen-bond donors (Lipinski definition) is 1. The summed E-state index contributed by atoms with van der Waals surface area (Å²) in [5, 5.41) is 6.83. The van der Waals surface area contributed by atoms with Gasteiger partial charge in [0.2, 0.25) is 0 Å². The average Bonchev–Trinajstić information content (AvgIpc) is 2.80. The monoisotopic (exact) mass is 331 g/mol. The summed E-state index contributed by atoms with van der Waals surface area (Å²) in [6.45, 7) is 5.46. The van der Waals surface area contributed by atoms with E-state index in [2.05, 4.69) is 10.4 Å². The lowest BCUT2D eigenvalue weighted by atomic mass is 10.2. The van der Waals surface area contributed by atoms with E-state index in [1.165, 1.54) is 0 Å². The van der Waals surface area contributed by atoms with E-state index < -0.39 is 11.9 Å². The number of esters is 1. The van der Waals surface area contributed by atoms with Gasteiger partial charge in [0.25, 0.3) is 5.91 Å². The lowest BCUT2D eigenvalue weighted by molar-refractivity contribution is -0.119. The number of aryl methyl sites for hydroxylation is 2. The number of anilines is 1. The summed E-state index contributed by atoms with van der Waals surface area (Å²) in [7, 11) is 1.75. The van der Waals surface area contributed by atoms with Gasteiger partial charge in [-0.3, -0.25) is 9.48 Å². The van der Waals surface area contributed by atoms with Gasteiger partial charge in [0.05, 0.1) is 18.0 Å². The summed E-state index contributed by atoms with van der Waals surface area (Å²) in [5.74, 6) is -0.431. The molecule has 2 aromatic rings. The normalized spacial score (nSPS) is 10.3. The van der Waals surface area contributed by atoms with E-state index in [0.29, 0.717) is 35.0 Å². The maximum atomic E-state index is 12.1. The number of nitrogens with one attached hydrogen (secondary N) is 1. The van der Waals surface area contributed by atoms with Crippen LogP contribution in [0.5, 0.6) is 5.75 Å². The van der Waals surface area contributed by atoms with Gasteiger partial charge >= 0.3 is 5.97 Å². The third-order valence-corrected chi connectivity index (χ3v) is 3.51. The Morgan fingerprint density at radius 3 is 2.58 bits per heavy atom. The fourth-order valence-electron chi connectivity index (χ4n) is 2.31. The lowest BCUT2D eigenvalue weighted by Crippen LogP contribution is -2.21. The van der Waals surface area contributed by atoms with E-state index in [0.717, 1.165) is 0 Å². The fraction of sp³-hybridized carbons (Fsp3) is 0.353. The third kappa shape index (κ3) is 3.92. The molecule has 1 N–H and O–H groups in total. The zero-order valence-electron chi connectivity index (χ0n) is 14.3. The van der Waals surface area contributed by atoms with Crippen molar-refractivity contribution in [1.29, 1.82) is 0 Å². The van der Waals surface area contributed by atoms with Crippen LogP contribution in [0.15, 0.2) is 24.3 Å². The van der Waals surface area contributed by atoms with Gasteiger partial charge in [-0.15, -0.1) is 0 Å². The molecule has 0 atom stereocenters. The number of nitrogens with zero attached hydrogens (tertiary/aromatic N) is 2. The zero-order valence-corrected chi connectivity index (χ0v) is 14.3. The molecule has 1 aromatic heterocycles. The molecule has 0 aliphatic heterocycles. The first-order valence-corrected chi connectivity index (χ1v) is 7.63. The predicted molar refractivity (Wildman–Crippen MR) is 89.2 cm³/mol. The molecule has 1 amide bonds. The minimum Gasteiger partial charge on any atom is -0.492 e. The number of hydrogen-bond acceptors (Lipinski definition) is 5. The maximum absolute atomic E-state index is 12.1. The van der Waals surface area contributed by atoms with Crippen molar-refractivity contribution in [3.63, 3.8) is 0 Å². The van der Waals surface area contributed by atoms with Gasteiger partial charge < -0.3 is 14.8 Å². The highest BCUT2D eigenvalue weighted by Crippen LogP contribution is 2.23. The number of amides is 1. The van der Waals surface area contributed by atoms with Crippen LogP contribution in [0, 0.1) is 13.8 Å². The lowest BCUT2D eigenvalue weighted by Gasteiger charge is -2.11. The topological polar surface area (TPSA) is 82.4 Å². The fourth-order valence-corrected chi connectivity index (χ4v) is 2.31. The van der Waals surface area contributed by atoms with Crippen molar-refractivity contribution in [3.05, 3.63) is 41.2 Å². The summed E-state index contributed by atoms with van der Waals surface area (Å²) in [5.41, 5.74) is 2.19. The first-order valence-electron chi connectivity index (χ1n) is 7.63. The van der Waals surface area contributed by atoms with Gasteiger partial charge in [0.15, 0.2) is 6.61 Å². The standard InChI is InChI=1S/C17H21N3O4/c1-5-23-14-9-7-6-8-13(14)18-15(21)10-24-17(22)16-11(2)19-20(4)12(16)3/h6-9H,5,10H2,1-4H3,(H,18,21). The summed E-state index contributed by atoms with van der Waals surface area (Å²) in [6.07, 6.45) is 0. The van der Waals surface area contributed by atoms with Crippen LogP contribution in [0.25, 0.3) is 0 Å². The first-order chi connectivity index (χ1) is 11.4. The number of benzene rings is 1. The largest absolute Gasteiger partial charge is 0.492 e. The Balaban J connectivity index is 1.97. The van der Waals surface area contributed by atoms with Crippen LogP contribution >= 0.6 is 0 Å². The SMILES string of the molecule is CCOc1ccccc1NC(=O)COC(=O)c1c(C)nn(C)c1C. The number of ether oxygens (including phenoxy) is 2. The number of carbonyl (C=O) groups is 2. The summed E-state index contributed by atoms with van der Waals surface area (Å²) in [6, 6.07) is 7.08. The van der Waals surface area contributed by atoms with Crippen LogP contribution in [0.2, 0.25) is 0 Å². The Bertz CT molecular complexity index is 752. The van der Waals surface area contributed by atoms with Crippen LogP contribution in [0.3, 0.4) is 0 Å². The molecule has 1 aromatic carbocycles. The van der Waals surface area contributed by atoms with Crippen molar-refractivity contribution in [3.8, 4) is 5.75 Å². The number of rotatable bonds is 6. The van der Waals surface area contributed by atoms with Gasteiger partial charge in [-0.25, -0.2) is 4.79 Å². The Hall–Kier alpha value is -2.83. The Morgan fingerprint density at radius 2 is 1.96 bits per heavy atom. The predicted octanol–water partition coefficient (Wildman–Crippen LogP) is 2.23. The minimum atomic E-state index is -0.564. The second-order valence-corrected chi connectivity index (χ2v) is 5.22. The maximum Gasteiger partial charge on any atom is 0.342 e. The molecule has 0 bridgehead atoms. The molecule has 0 spiro atoms.